The molecule has 10 heteroatoms. The van der Waals surface area contributed by atoms with E-state index in [0.717, 1.165) is 35.4 Å². The van der Waals surface area contributed by atoms with E-state index in [9.17, 15) is 10.1 Å². The van der Waals surface area contributed by atoms with Crippen LogP contribution >= 0.6 is 0 Å². The molecule has 0 aliphatic heterocycles. The topological polar surface area (TPSA) is 80.8 Å². The predicted molar refractivity (Wildman–Crippen MR) is 268 cm³/mol. The van der Waals surface area contributed by atoms with E-state index >= 15 is 0 Å². The number of para-hydroxylation sites is 1. The number of methoxy groups -OCH3 is 1. The molecule has 9 aromatic rings. The van der Waals surface area contributed by atoms with Crippen molar-refractivity contribution < 1.29 is 27.9 Å². The van der Waals surface area contributed by atoms with Gasteiger partial charge in [-0.05, 0) is 60.7 Å². The maximum absolute atomic E-state index is 10.5. The number of non-ortho nitro benzene ring substituents is 1. The lowest BCUT2D eigenvalue weighted by molar-refractivity contribution is -0.688. The largest absolute Gasteiger partial charge is 0.497 e. The molecule has 4 aromatic carbocycles. The highest BCUT2D eigenvalue weighted by molar-refractivity contribution is 5.40. The average Bonchev–Trinajstić information content (AvgIpc) is 3.37. The molecule has 0 unspecified atom stereocenters. The second kappa shape index (κ2) is 30.0. The zero-order valence-electron chi connectivity index (χ0n) is 39.3. The lowest BCUT2D eigenvalue weighted by Crippen LogP contribution is -2.34. The highest BCUT2D eigenvalue weighted by Gasteiger charge is 2.09. The number of ether oxygens (including phenoxy) is 1. The van der Waals surface area contributed by atoms with E-state index in [-0.39, 0.29) is 10.6 Å². The van der Waals surface area contributed by atoms with E-state index in [2.05, 4.69) is 121 Å². The van der Waals surface area contributed by atoms with E-state index < -0.39 is 0 Å². The van der Waals surface area contributed by atoms with Gasteiger partial charge in [0.15, 0.2) is 69.2 Å². The number of aryl methyl sites for hydroxylation is 1. The molecule has 0 fully saturated rings. The highest BCUT2D eigenvalue weighted by atomic mass is 16.6. The fourth-order valence-corrected chi connectivity index (χ4v) is 5.96. The Morgan fingerprint density at radius 2 is 0.806 bits per heavy atom. The summed E-state index contributed by atoms with van der Waals surface area (Å²) in [4.78, 5) is 13.9. The molecule has 5 aromatic heterocycles. The van der Waals surface area contributed by atoms with Crippen molar-refractivity contribution >= 4 is 11.4 Å². The molecular weight excluding hydrogens is 831 g/mol. The number of pyridine rings is 5. The Morgan fingerprint density at radius 3 is 1.10 bits per heavy atom. The van der Waals surface area contributed by atoms with Gasteiger partial charge in [-0.1, -0.05) is 78.9 Å². The van der Waals surface area contributed by atoms with E-state index in [1.165, 1.54) is 28.9 Å². The summed E-state index contributed by atoms with van der Waals surface area (Å²) in [6.45, 7) is 2.56. The van der Waals surface area contributed by atoms with Crippen molar-refractivity contribution in [2.45, 2.75) is 19.6 Å². The SMILES string of the molecule is COc1ccc(C[n+]2ccccc2)cc1.C[N+](C)(C)c1ccccc1.C[n+]1ccccc1.O=[N+]([O-])c1ccc(C[n+]2ccccc2)cc1.c1ccc(C[n+]2ccccc2)cc1.c1ccncc1. The summed E-state index contributed by atoms with van der Waals surface area (Å²) in [6, 6.07) is 65.4. The van der Waals surface area contributed by atoms with Gasteiger partial charge < -0.3 is 4.74 Å². The summed E-state index contributed by atoms with van der Waals surface area (Å²) in [5.74, 6) is 0.900. The number of nitro benzene ring substituents is 1. The third-order valence-electron chi connectivity index (χ3n) is 9.54. The quantitative estimate of drug-likeness (QED) is 0.0627. The Balaban J connectivity index is 0.000000181. The van der Waals surface area contributed by atoms with E-state index in [1.807, 2.05) is 156 Å². The summed E-state index contributed by atoms with van der Waals surface area (Å²) >= 11 is 0. The van der Waals surface area contributed by atoms with Crippen LogP contribution in [0.3, 0.4) is 0 Å². The van der Waals surface area contributed by atoms with Crippen LogP contribution in [-0.4, -0.2) is 38.2 Å². The number of nitro groups is 1. The van der Waals surface area contributed by atoms with Crippen molar-refractivity contribution in [3.8, 4) is 5.75 Å². The van der Waals surface area contributed by atoms with Gasteiger partial charge in [0.25, 0.3) is 5.69 Å². The molecule has 0 aliphatic rings. The lowest BCUT2D eigenvalue weighted by atomic mass is 10.2. The number of hydrogen-bond donors (Lipinski definition) is 0. The Hall–Kier alpha value is -8.21. The summed E-state index contributed by atoms with van der Waals surface area (Å²) < 4.78 is 14.3. The molecule has 5 heterocycles. The molecule has 0 saturated carbocycles. The van der Waals surface area contributed by atoms with Gasteiger partial charge in [0.2, 0.25) is 0 Å². The number of quaternary nitrogens is 1. The summed E-state index contributed by atoms with van der Waals surface area (Å²) in [5, 5.41) is 10.5. The average molecular weight is 895 g/mol. The monoisotopic (exact) mass is 895 g/mol. The molecule has 0 N–H and O–H groups in total. The van der Waals surface area contributed by atoms with Gasteiger partial charge in [0, 0.05) is 89.7 Å². The zero-order valence-corrected chi connectivity index (χ0v) is 39.3. The van der Waals surface area contributed by atoms with Crippen molar-refractivity contribution in [1.29, 1.82) is 0 Å². The van der Waals surface area contributed by atoms with Crippen LogP contribution in [0.15, 0.2) is 262 Å². The molecular formula is C57H64N7O3+5. The van der Waals surface area contributed by atoms with Gasteiger partial charge in [-0.2, -0.15) is 0 Å². The minimum absolute atomic E-state index is 0.127. The Morgan fingerprint density at radius 1 is 0.463 bits per heavy atom. The Bertz CT molecular complexity index is 2540. The summed E-state index contributed by atoms with van der Waals surface area (Å²) in [5.41, 5.74) is 5.11. The minimum atomic E-state index is -0.389. The number of hydrogen-bond acceptors (Lipinski definition) is 4. The highest BCUT2D eigenvalue weighted by Crippen LogP contribution is 2.14. The van der Waals surface area contributed by atoms with Crippen LogP contribution in [0.2, 0.25) is 0 Å². The van der Waals surface area contributed by atoms with Gasteiger partial charge in [0.05, 0.1) is 33.2 Å². The Kier molecular flexibility index (Phi) is 23.0. The molecule has 0 bridgehead atoms. The van der Waals surface area contributed by atoms with Gasteiger partial charge in [0.1, 0.15) is 18.5 Å². The molecule has 0 spiro atoms. The van der Waals surface area contributed by atoms with Crippen molar-refractivity contribution in [3.63, 3.8) is 0 Å². The summed E-state index contributed by atoms with van der Waals surface area (Å²) in [6.07, 6.45) is 19.7. The molecule has 9 rings (SSSR count). The summed E-state index contributed by atoms with van der Waals surface area (Å²) in [7, 11) is 10.2. The van der Waals surface area contributed by atoms with E-state index in [0.29, 0.717) is 0 Å². The molecule has 0 radical (unpaired) electrons. The molecule has 0 aliphatic carbocycles. The normalized spacial score (nSPS) is 9.87. The predicted octanol–water partition coefficient (Wildman–Crippen LogP) is 9.46. The van der Waals surface area contributed by atoms with Crippen LogP contribution in [0, 0.1) is 10.1 Å². The van der Waals surface area contributed by atoms with E-state index in [1.54, 1.807) is 31.6 Å². The Labute approximate surface area is 397 Å². The smallest absolute Gasteiger partial charge is 0.269 e. The first kappa shape index (κ1) is 51.4. The molecule has 10 nitrogen and oxygen atoms in total. The first-order valence-electron chi connectivity index (χ1n) is 21.9. The van der Waals surface area contributed by atoms with Crippen molar-refractivity contribution in [1.82, 2.24) is 9.47 Å². The third-order valence-corrected chi connectivity index (χ3v) is 9.54. The van der Waals surface area contributed by atoms with Crippen LogP contribution in [0.4, 0.5) is 11.4 Å². The first-order chi connectivity index (χ1) is 32.6. The molecule has 0 saturated heterocycles. The van der Waals surface area contributed by atoms with Crippen LogP contribution < -0.4 is 27.5 Å². The number of benzene rings is 4. The lowest BCUT2D eigenvalue weighted by Gasteiger charge is -2.22. The maximum atomic E-state index is 10.5. The van der Waals surface area contributed by atoms with Crippen LogP contribution in [-0.2, 0) is 26.7 Å². The van der Waals surface area contributed by atoms with Crippen LogP contribution in [0.25, 0.3) is 0 Å². The molecule has 0 atom stereocenters. The van der Waals surface area contributed by atoms with Gasteiger partial charge in [-0.15, -0.1) is 0 Å². The second-order valence-electron chi connectivity index (χ2n) is 15.8. The second-order valence-corrected chi connectivity index (χ2v) is 15.8. The maximum Gasteiger partial charge on any atom is 0.269 e. The van der Waals surface area contributed by atoms with Crippen molar-refractivity contribution in [3.05, 3.63) is 289 Å². The number of aromatic nitrogens is 5. The van der Waals surface area contributed by atoms with Gasteiger partial charge >= 0.3 is 0 Å². The molecule has 0 amide bonds. The van der Waals surface area contributed by atoms with Crippen LogP contribution in [0.1, 0.15) is 16.7 Å². The molecule has 340 valence electrons. The van der Waals surface area contributed by atoms with Gasteiger partial charge in [-0.25, -0.2) is 18.3 Å². The number of nitrogens with zero attached hydrogens (tertiary/aromatic N) is 7. The standard InChI is InChI=1S/C13H14NO.C12H11N2O2.C12H12N.C9H14N.C6H8N.C5H5N/c1-15-13-7-5-12(6-8-13)11-14-9-3-2-4-10-14;15-14(16)12-6-4-11(5-7-12)10-13-8-2-1-3-9-13;1-3-7-12(8-4-1)11-13-9-5-2-6-10-13;1-10(2,3)9-7-5-4-6-8-9;1-7-5-3-2-4-6-7;1-2-4-6-5-3-1/h2-10H,11H2,1H3;1-9H,10H2;1-10H,11H2;4-8H,1-3H3;2-6H,1H3;1-5H/q5*+1;. The molecule has 67 heavy (non-hydrogen) atoms. The zero-order chi connectivity index (χ0) is 47.8. The third kappa shape index (κ3) is 22.3. The van der Waals surface area contributed by atoms with Crippen LogP contribution in [0.5, 0.6) is 5.75 Å². The first-order valence-corrected chi connectivity index (χ1v) is 21.9. The van der Waals surface area contributed by atoms with Crippen molar-refractivity contribution in [2.75, 3.05) is 28.3 Å². The van der Waals surface area contributed by atoms with E-state index in [4.69, 9.17) is 4.74 Å². The van der Waals surface area contributed by atoms with Crippen molar-refractivity contribution in [2.24, 2.45) is 7.05 Å². The fourth-order valence-electron chi connectivity index (χ4n) is 5.96. The fraction of sp³-hybridized carbons (Fsp3) is 0.140. The number of rotatable bonds is 9. The minimum Gasteiger partial charge on any atom is -0.497 e. The van der Waals surface area contributed by atoms with Gasteiger partial charge in [-0.3, -0.25) is 19.6 Å².